The molecule has 1 atom stereocenters. The molecule has 35 heavy (non-hydrogen) atoms. The van der Waals surface area contributed by atoms with Gasteiger partial charge in [0.2, 0.25) is 5.95 Å². The first-order chi connectivity index (χ1) is 17.0. The summed E-state index contributed by atoms with van der Waals surface area (Å²) in [6, 6.07) is 12.4. The van der Waals surface area contributed by atoms with Crippen molar-refractivity contribution in [3.63, 3.8) is 0 Å². The Morgan fingerprint density at radius 2 is 1.74 bits per heavy atom. The van der Waals surface area contributed by atoms with Gasteiger partial charge in [-0.25, -0.2) is 4.98 Å². The molecule has 1 aromatic carbocycles. The van der Waals surface area contributed by atoms with Crippen LogP contribution < -0.4 is 16.2 Å². The summed E-state index contributed by atoms with van der Waals surface area (Å²) < 4.78 is 7.45. The molecular formula is C27H36N6O2. The predicted molar refractivity (Wildman–Crippen MR) is 139 cm³/mol. The van der Waals surface area contributed by atoms with Crippen LogP contribution in [0.3, 0.4) is 0 Å². The maximum absolute atomic E-state index is 12.4. The molecule has 186 valence electrons. The Hall–Kier alpha value is -2.81. The number of anilines is 1. The minimum Gasteiger partial charge on any atom is -0.381 e. The van der Waals surface area contributed by atoms with E-state index in [9.17, 15) is 4.79 Å². The van der Waals surface area contributed by atoms with Gasteiger partial charge in [-0.15, -0.1) is 0 Å². The lowest BCUT2D eigenvalue weighted by molar-refractivity contribution is -0.0373. The van der Waals surface area contributed by atoms with E-state index in [-0.39, 0.29) is 23.2 Å². The molecule has 0 bridgehead atoms. The van der Waals surface area contributed by atoms with Crippen molar-refractivity contribution in [2.24, 2.45) is 0 Å². The van der Waals surface area contributed by atoms with Crippen LogP contribution in [0.4, 0.5) is 5.95 Å². The monoisotopic (exact) mass is 476 g/mol. The fourth-order valence-electron chi connectivity index (χ4n) is 5.56. The van der Waals surface area contributed by atoms with Crippen molar-refractivity contribution < 1.29 is 4.74 Å². The fraction of sp³-hybridized carbons (Fsp3) is 0.519. The van der Waals surface area contributed by atoms with Crippen LogP contribution in [0.1, 0.15) is 56.8 Å². The molecule has 2 N–H and O–H groups in total. The number of hydrogen-bond acceptors (Lipinski definition) is 7. The highest BCUT2D eigenvalue weighted by Gasteiger charge is 2.40. The van der Waals surface area contributed by atoms with E-state index in [2.05, 4.69) is 51.7 Å². The van der Waals surface area contributed by atoms with Gasteiger partial charge in [-0.2, -0.15) is 4.98 Å². The van der Waals surface area contributed by atoms with Gasteiger partial charge in [0.1, 0.15) is 5.65 Å². The Labute approximate surface area is 206 Å². The number of benzene rings is 1. The largest absolute Gasteiger partial charge is 0.381 e. The number of aromatic nitrogens is 3. The molecular weight excluding hydrogens is 440 g/mol. The van der Waals surface area contributed by atoms with Crippen LogP contribution >= 0.6 is 0 Å². The van der Waals surface area contributed by atoms with Crippen LogP contribution in [0.2, 0.25) is 0 Å². The van der Waals surface area contributed by atoms with Crippen LogP contribution in [0.25, 0.3) is 11.0 Å². The predicted octanol–water partition coefficient (Wildman–Crippen LogP) is 3.46. The second-order valence-corrected chi connectivity index (χ2v) is 9.98. The van der Waals surface area contributed by atoms with E-state index >= 15 is 0 Å². The van der Waals surface area contributed by atoms with Crippen LogP contribution in [0, 0.1) is 0 Å². The summed E-state index contributed by atoms with van der Waals surface area (Å²) in [6.07, 6.45) is 3.84. The molecule has 3 aromatic rings. The Balaban J connectivity index is 1.38. The minimum absolute atomic E-state index is 0.0205. The van der Waals surface area contributed by atoms with Crippen molar-refractivity contribution in [2.45, 2.75) is 51.2 Å². The summed E-state index contributed by atoms with van der Waals surface area (Å²) in [4.78, 5) is 24.3. The van der Waals surface area contributed by atoms with Crippen LogP contribution in [0.5, 0.6) is 0 Å². The molecule has 5 rings (SSSR count). The highest BCUT2D eigenvalue weighted by molar-refractivity contribution is 5.75. The van der Waals surface area contributed by atoms with Crippen molar-refractivity contribution in [2.75, 3.05) is 44.7 Å². The second kappa shape index (κ2) is 10.0. The van der Waals surface area contributed by atoms with Gasteiger partial charge in [0, 0.05) is 63.1 Å². The molecule has 8 nitrogen and oxygen atoms in total. The zero-order valence-electron chi connectivity index (χ0n) is 21.0. The Morgan fingerprint density at radius 1 is 1.03 bits per heavy atom. The lowest BCUT2D eigenvalue weighted by atomic mass is 9.80. The molecule has 0 spiro atoms. The van der Waals surface area contributed by atoms with Gasteiger partial charge >= 0.3 is 0 Å². The number of piperazine rings is 1. The lowest BCUT2D eigenvalue weighted by Gasteiger charge is -2.48. The third-order valence-corrected chi connectivity index (χ3v) is 7.52. The normalized spacial score (nSPS) is 19.7. The average Bonchev–Trinajstić information content (AvgIpc) is 2.89. The molecule has 2 fully saturated rings. The van der Waals surface area contributed by atoms with Crippen molar-refractivity contribution in [3.8, 4) is 0 Å². The number of rotatable bonds is 6. The standard InChI is InChI=1S/C27H36N6O2/c1-19(2)33-24(34)9-6-22-18-29-26(31-25(22)33)30-20(3)21-4-7-23(8-5-21)27(10-16-35-17-11-27)32-14-12-28-13-15-32/h4-9,18-20,28H,10-17H2,1-3H3,(H,29,30,31)/t20-/m1/s1. The Kier molecular flexibility index (Phi) is 6.86. The maximum atomic E-state index is 12.4. The molecule has 2 aliphatic rings. The summed E-state index contributed by atoms with van der Waals surface area (Å²) in [5, 5.41) is 7.77. The van der Waals surface area contributed by atoms with E-state index in [1.54, 1.807) is 22.9 Å². The van der Waals surface area contributed by atoms with Gasteiger partial charge in [0.15, 0.2) is 0 Å². The van der Waals surface area contributed by atoms with Gasteiger partial charge in [-0.05, 0) is 50.8 Å². The third-order valence-electron chi connectivity index (χ3n) is 7.52. The average molecular weight is 477 g/mol. The molecule has 2 aliphatic heterocycles. The zero-order valence-corrected chi connectivity index (χ0v) is 21.0. The summed E-state index contributed by atoms with van der Waals surface area (Å²) in [5.41, 5.74) is 3.21. The molecule has 0 radical (unpaired) electrons. The molecule has 4 heterocycles. The number of pyridine rings is 1. The molecule has 2 saturated heterocycles. The number of hydrogen-bond donors (Lipinski definition) is 2. The van der Waals surface area contributed by atoms with E-state index in [0.29, 0.717) is 11.6 Å². The van der Waals surface area contributed by atoms with Gasteiger partial charge < -0.3 is 15.4 Å². The van der Waals surface area contributed by atoms with Crippen LogP contribution in [-0.4, -0.2) is 58.8 Å². The van der Waals surface area contributed by atoms with Gasteiger partial charge in [-0.3, -0.25) is 14.3 Å². The summed E-state index contributed by atoms with van der Waals surface area (Å²) >= 11 is 0. The summed E-state index contributed by atoms with van der Waals surface area (Å²) in [5.74, 6) is 0.524. The highest BCUT2D eigenvalue weighted by Crippen LogP contribution is 2.39. The fourth-order valence-corrected chi connectivity index (χ4v) is 5.56. The molecule has 8 heteroatoms. The summed E-state index contributed by atoms with van der Waals surface area (Å²) in [6.45, 7) is 11.9. The van der Waals surface area contributed by atoms with Crippen molar-refractivity contribution >= 4 is 17.0 Å². The Morgan fingerprint density at radius 3 is 2.43 bits per heavy atom. The van der Waals surface area contributed by atoms with E-state index in [0.717, 1.165) is 57.6 Å². The zero-order chi connectivity index (χ0) is 24.4. The molecule has 0 unspecified atom stereocenters. The smallest absolute Gasteiger partial charge is 0.252 e. The van der Waals surface area contributed by atoms with E-state index in [1.165, 1.54) is 11.1 Å². The van der Waals surface area contributed by atoms with E-state index in [1.807, 2.05) is 13.8 Å². The quantitative estimate of drug-likeness (QED) is 0.564. The Bertz CT molecular complexity index is 1210. The first-order valence-electron chi connectivity index (χ1n) is 12.8. The number of ether oxygens (including phenoxy) is 1. The molecule has 2 aromatic heterocycles. The SMILES string of the molecule is CC(C)n1c(=O)ccc2cnc(N[C@H](C)c3ccc(C4(N5CCNCC5)CCOCC4)cc3)nc21. The van der Waals surface area contributed by atoms with Gasteiger partial charge in [-0.1, -0.05) is 24.3 Å². The highest BCUT2D eigenvalue weighted by atomic mass is 16.5. The molecule has 0 saturated carbocycles. The van der Waals surface area contributed by atoms with Gasteiger partial charge in [0.05, 0.1) is 11.6 Å². The number of nitrogens with zero attached hydrogens (tertiary/aromatic N) is 4. The first kappa shape index (κ1) is 23.9. The third kappa shape index (κ3) is 4.70. The van der Waals surface area contributed by atoms with E-state index < -0.39 is 0 Å². The number of nitrogens with one attached hydrogen (secondary N) is 2. The summed E-state index contributed by atoms with van der Waals surface area (Å²) in [7, 11) is 0. The van der Waals surface area contributed by atoms with Crippen molar-refractivity contribution in [3.05, 3.63) is 64.1 Å². The van der Waals surface area contributed by atoms with Crippen LogP contribution in [-0.2, 0) is 10.3 Å². The maximum Gasteiger partial charge on any atom is 0.252 e. The minimum atomic E-state index is -0.0488. The van der Waals surface area contributed by atoms with Crippen LogP contribution in [0.15, 0.2) is 47.4 Å². The first-order valence-corrected chi connectivity index (χ1v) is 12.8. The van der Waals surface area contributed by atoms with Crippen molar-refractivity contribution in [1.29, 1.82) is 0 Å². The lowest BCUT2D eigenvalue weighted by Crippen LogP contribution is -2.56. The second-order valence-electron chi connectivity index (χ2n) is 9.98. The van der Waals surface area contributed by atoms with Gasteiger partial charge in [0.25, 0.3) is 5.56 Å². The molecule has 0 amide bonds. The topological polar surface area (TPSA) is 84.3 Å². The van der Waals surface area contributed by atoms with E-state index in [4.69, 9.17) is 9.72 Å². The number of fused-ring (bicyclic) bond motifs is 1. The molecule has 0 aliphatic carbocycles. The van der Waals surface area contributed by atoms with Crippen molar-refractivity contribution in [1.82, 2.24) is 24.8 Å².